The predicted octanol–water partition coefficient (Wildman–Crippen LogP) is 1.46. The number of hydrogen-bond acceptors (Lipinski definition) is 6. The summed E-state index contributed by atoms with van der Waals surface area (Å²) in [4.78, 5) is 0.0695. The Labute approximate surface area is 134 Å². The molecule has 0 aliphatic carbocycles. The Kier molecular flexibility index (Phi) is 5.73. The molecule has 0 aliphatic heterocycles. The summed E-state index contributed by atoms with van der Waals surface area (Å²) in [5, 5.41) is 17.6. The molecule has 0 saturated carbocycles. The van der Waals surface area contributed by atoms with E-state index in [1.807, 2.05) is 6.92 Å². The minimum Gasteiger partial charge on any atom is -0.472 e. The number of benzene rings is 2. The molecule has 0 aliphatic rings. The monoisotopic (exact) mass is 338 g/mol. The van der Waals surface area contributed by atoms with Crippen LogP contribution in [0.4, 0.5) is 0 Å². The molecule has 2 aromatic carbocycles. The highest BCUT2D eigenvalue weighted by atomic mass is 32.2. The second-order valence-corrected chi connectivity index (χ2v) is 6.97. The van der Waals surface area contributed by atoms with Crippen LogP contribution >= 0.6 is 0 Å². The minimum absolute atomic E-state index is 0.0695. The highest BCUT2D eigenvalue weighted by molar-refractivity contribution is 7.92. The van der Waals surface area contributed by atoms with Crippen LogP contribution in [0.3, 0.4) is 0 Å². The third-order valence-corrected chi connectivity index (χ3v) is 4.94. The number of hydrogen-bond donors (Lipinski definition) is 2. The van der Waals surface area contributed by atoms with Gasteiger partial charge in [0.2, 0.25) is 15.3 Å². The normalized spacial score (nSPS) is 13.0. The van der Waals surface area contributed by atoms with Gasteiger partial charge in [-0.15, -0.1) is 0 Å². The molecular formula is C16H18O6S. The van der Waals surface area contributed by atoms with E-state index >= 15 is 0 Å². The van der Waals surface area contributed by atoms with Gasteiger partial charge in [-0.25, -0.2) is 8.42 Å². The van der Waals surface area contributed by atoms with Crippen LogP contribution < -0.4 is 4.74 Å². The molecule has 2 N–H and O–H groups in total. The molecule has 1 atom stereocenters. The van der Waals surface area contributed by atoms with E-state index in [0.717, 1.165) is 5.56 Å². The molecule has 124 valence electrons. The van der Waals surface area contributed by atoms with Crippen LogP contribution in [0.5, 0.6) is 5.75 Å². The van der Waals surface area contributed by atoms with Gasteiger partial charge in [0.25, 0.3) is 6.48 Å². The van der Waals surface area contributed by atoms with E-state index in [1.165, 1.54) is 12.1 Å². The standard InChI is InChI=1S/C16H18O6S/c1-12-7-9-14(10-8-12)23(19,20)15(11-21-16(17)18)22-13-5-3-2-4-6-13/h2-10,15-18H,11H2,1H3. The Morgan fingerprint density at radius 1 is 1.00 bits per heavy atom. The third-order valence-electron chi connectivity index (χ3n) is 3.09. The first-order valence-electron chi connectivity index (χ1n) is 6.89. The van der Waals surface area contributed by atoms with Gasteiger partial charge in [0.15, 0.2) is 0 Å². The van der Waals surface area contributed by atoms with E-state index in [2.05, 4.69) is 4.74 Å². The molecule has 7 heteroatoms. The Morgan fingerprint density at radius 3 is 2.17 bits per heavy atom. The fourth-order valence-corrected chi connectivity index (χ4v) is 3.20. The molecule has 0 aromatic heterocycles. The van der Waals surface area contributed by atoms with Gasteiger partial charge in [-0.3, -0.25) is 0 Å². The molecular weight excluding hydrogens is 320 g/mol. The SMILES string of the molecule is Cc1ccc(S(=O)(=O)C(COC(O)O)Oc2ccccc2)cc1. The Hall–Kier alpha value is -1.93. The summed E-state index contributed by atoms with van der Waals surface area (Å²) in [5.74, 6) is 0.337. The quantitative estimate of drug-likeness (QED) is 0.743. The number of aliphatic hydroxyl groups is 2. The lowest BCUT2D eigenvalue weighted by Crippen LogP contribution is -2.34. The zero-order valence-corrected chi connectivity index (χ0v) is 13.3. The van der Waals surface area contributed by atoms with Gasteiger partial charge in [-0.05, 0) is 31.2 Å². The zero-order chi connectivity index (χ0) is 16.9. The van der Waals surface area contributed by atoms with Gasteiger partial charge >= 0.3 is 0 Å². The van der Waals surface area contributed by atoms with Crippen LogP contribution in [-0.4, -0.2) is 37.1 Å². The van der Waals surface area contributed by atoms with Gasteiger partial charge in [0.1, 0.15) is 12.4 Å². The number of aliphatic hydroxyl groups excluding tert-OH is 1. The van der Waals surface area contributed by atoms with E-state index in [4.69, 9.17) is 14.9 Å². The largest absolute Gasteiger partial charge is 0.472 e. The predicted molar refractivity (Wildman–Crippen MR) is 83.4 cm³/mol. The van der Waals surface area contributed by atoms with E-state index in [-0.39, 0.29) is 4.90 Å². The molecule has 2 rings (SSSR count). The third kappa shape index (κ3) is 4.77. The number of para-hydroxylation sites is 1. The van der Waals surface area contributed by atoms with E-state index in [0.29, 0.717) is 5.75 Å². The molecule has 0 heterocycles. The van der Waals surface area contributed by atoms with Gasteiger partial charge in [0, 0.05) is 0 Å². The Balaban J connectivity index is 2.29. The van der Waals surface area contributed by atoms with Crippen molar-refractivity contribution in [2.24, 2.45) is 0 Å². The average molecular weight is 338 g/mol. The van der Waals surface area contributed by atoms with Crippen molar-refractivity contribution in [1.29, 1.82) is 0 Å². The molecule has 6 nitrogen and oxygen atoms in total. The fraction of sp³-hybridized carbons (Fsp3) is 0.250. The van der Waals surface area contributed by atoms with Crippen LogP contribution in [0.15, 0.2) is 59.5 Å². The summed E-state index contributed by atoms with van der Waals surface area (Å²) in [6.45, 7) is -0.757. The Bertz CT molecular complexity index is 710. The highest BCUT2D eigenvalue weighted by Crippen LogP contribution is 2.21. The average Bonchev–Trinajstić information content (AvgIpc) is 2.52. The van der Waals surface area contributed by atoms with Crippen LogP contribution in [0.1, 0.15) is 5.56 Å². The van der Waals surface area contributed by atoms with Crippen molar-refractivity contribution in [1.82, 2.24) is 0 Å². The molecule has 0 spiro atoms. The second kappa shape index (κ2) is 7.56. The van der Waals surface area contributed by atoms with Gasteiger partial charge in [-0.2, -0.15) is 0 Å². The van der Waals surface area contributed by atoms with Crippen molar-refractivity contribution in [2.75, 3.05) is 6.61 Å². The van der Waals surface area contributed by atoms with Crippen LogP contribution in [0.25, 0.3) is 0 Å². The molecule has 0 amide bonds. The second-order valence-electron chi connectivity index (χ2n) is 4.88. The van der Waals surface area contributed by atoms with Gasteiger partial charge in [-0.1, -0.05) is 35.9 Å². The summed E-state index contributed by atoms with van der Waals surface area (Å²) >= 11 is 0. The molecule has 0 radical (unpaired) electrons. The summed E-state index contributed by atoms with van der Waals surface area (Å²) < 4.78 is 35.5. The van der Waals surface area contributed by atoms with E-state index in [9.17, 15) is 8.42 Å². The molecule has 1 unspecified atom stereocenters. The van der Waals surface area contributed by atoms with Crippen LogP contribution in [-0.2, 0) is 14.6 Å². The van der Waals surface area contributed by atoms with Gasteiger partial charge < -0.3 is 19.7 Å². The summed E-state index contributed by atoms with van der Waals surface area (Å²) in [6, 6.07) is 14.7. The Morgan fingerprint density at radius 2 is 1.61 bits per heavy atom. The molecule has 0 saturated heterocycles. The molecule has 0 fully saturated rings. The molecule has 23 heavy (non-hydrogen) atoms. The lowest BCUT2D eigenvalue weighted by atomic mass is 10.2. The van der Waals surface area contributed by atoms with E-state index < -0.39 is 28.4 Å². The maximum atomic E-state index is 12.7. The van der Waals surface area contributed by atoms with Crippen molar-refractivity contribution in [3.8, 4) is 5.75 Å². The maximum absolute atomic E-state index is 12.7. The first-order chi connectivity index (χ1) is 10.9. The molecule has 0 bridgehead atoms. The summed E-state index contributed by atoms with van der Waals surface area (Å²) in [5.41, 5.74) is -0.485. The van der Waals surface area contributed by atoms with Crippen molar-refractivity contribution in [3.63, 3.8) is 0 Å². The lowest BCUT2D eigenvalue weighted by molar-refractivity contribution is -0.237. The summed E-state index contributed by atoms with van der Waals surface area (Å²) in [6.07, 6.45) is 0. The van der Waals surface area contributed by atoms with Gasteiger partial charge in [0.05, 0.1) is 4.90 Å². The first kappa shape index (κ1) is 17.4. The minimum atomic E-state index is -3.88. The van der Waals surface area contributed by atoms with Crippen LogP contribution in [0.2, 0.25) is 0 Å². The van der Waals surface area contributed by atoms with Crippen molar-refractivity contribution in [2.45, 2.75) is 23.7 Å². The zero-order valence-electron chi connectivity index (χ0n) is 12.5. The van der Waals surface area contributed by atoms with Crippen molar-refractivity contribution < 1.29 is 28.1 Å². The summed E-state index contributed by atoms with van der Waals surface area (Å²) in [7, 11) is -3.88. The smallest absolute Gasteiger partial charge is 0.266 e. The van der Waals surface area contributed by atoms with Crippen molar-refractivity contribution in [3.05, 3.63) is 60.2 Å². The highest BCUT2D eigenvalue weighted by Gasteiger charge is 2.30. The van der Waals surface area contributed by atoms with E-state index in [1.54, 1.807) is 42.5 Å². The lowest BCUT2D eigenvalue weighted by Gasteiger charge is -2.20. The number of sulfone groups is 1. The van der Waals surface area contributed by atoms with Crippen molar-refractivity contribution >= 4 is 9.84 Å². The number of rotatable bonds is 7. The number of ether oxygens (including phenoxy) is 2. The molecule has 2 aromatic rings. The maximum Gasteiger partial charge on any atom is 0.266 e. The number of aryl methyl sites for hydroxylation is 1. The fourth-order valence-electron chi connectivity index (χ4n) is 1.88. The van der Waals surface area contributed by atoms with Crippen LogP contribution in [0, 0.1) is 6.92 Å². The topological polar surface area (TPSA) is 93.1 Å². The first-order valence-corrected chi connectivity index (χ1v) is 8.44.